The number of nitrogens with one attached hydrogen (secondary N) is 1. The van der Waals surface area contributed by atoms with Crippen LogP contribution in [0.2, 0.25) is 0 Å². The van der Waals surface area contributed by atoms with Gasteiger partial charge in [0.15, 0.2) is 0 Å². The molecule has 0 aromatic heterocycles. The monoisotopic (exact) mass is 1320 g/mol. The molecule has 20 heteroatoms. The quantitative estimate of drug-likeness (QED) is 0.0192. The second-order valence-corrected chi connectivity index (χ2v) is 22.7. The molecule has 0 aliphatic rings. The zero-order valence-corrected chi connectivity index (χ0v) is 55.4. The minimum Gasteiger partial charge on any atom is -0.492 e. The van der Waals surface area contributed by atoms with Gasteiger partial charge >= 0.3 is 0 Å². The normalized spacial score (nSPS) is 11.9. The molecule has 5 unspecified atom stereocenters. The van der Waals surface area contributed by atoms with Gasteiger partial charge in [0.25, 0.3) is 0 Å². The first kappa shape index (κ1) is 81.8. The summed E-state index contributed by atoms with van der Waals surface area (Å²) in [6.45, 7) is 17.4. The molecular weight excluding hydrogens is 1230 g/mol. The lowest BCUT2D eigenvalue weighted by molar-refractivity contribution is 0.114. The molecule has 7 rings (SSSR count). The Morgan fingerprint density at radius 1 is 0.471 bits per heavy atom. The lowest BCUT2D eigenvalue weighted by atomic mass is 10.2. The number of rotatable bonds is 29. The van der Waals surface area contributed by atoms with Gasteiger partial charge in [0.05, 0.1) is 31.3 Å². The molecular formula is C67H93Cl5N4O10S. The fourth-order valence-corrected chi connectivity index (χ4v) is 7.31. The molecule has 5 atom stereocenters. The van der Waals surface area contributed by atoms with Gasteiger partial charge in [-0.15, -0.1) is 35.6 Å². The largest absolute Gasteiger partial charge is 0.492 e. The van der Waals surface area contributed by atoms with Crippen molar-refractivity contribution in [2.24, 2.45) is 5.73 Å². The topological polar surface area (TPSA) is 189 Å². The third-order valence-electron chi connectivity index (χ3n) is 11.4. The highest BCUT2D eigenvalue weighted by Crippen LogP contribution is 2.16. The smallest absolute Gasteiger partial charge is 0.211 e. The molecule has 87 heavy (non-hydrogen) atoms. The predicted octanol–water partition coefficient (Wildman–Crippen LogP) is 12.7. The van der Waals surface area contributed by atoms with E-state index in [1.54, 1.807) is 6.92 Å². The molecule has 7 aromatic rings. The van der Waals surface area contributed by atoms with Crippen LogP contribution in [0.4, 0.5) is 0 Å². The summed E-state index contributed by atoms with van der Waals surface area (Å²) >= 11 is 11.6. The van der Waals surface area contributed by atoms with Crippen molar-refractivity contribution < 1.29 is 48.3 Å². The maximum atomic E-state index is 9.27. The predicted molar refractivity (Wildman–Crippen MR) is 365 cm³/mol. The Morgan fingerprint density at radius 2 is 0.759 bits per heavy atom. The van der Waals surface area contributed by atoms with Crippen molar-refractivity contribution in [3.8, 4) is 28.7 Å². The van der Waals surface area contributed by atoms with Crippen LogP contribution in [0.1, 0.15) is 45.7 Å². The van der Waals surface area contributed by atoms with Crippen molar-refractivity contribution in [3.05, 3.63) is 223 Å². The summed E-state index contributed by atoms with van der Waals surface area (Å²) in [6.07, 6.45) is -0.407. The van der Waals surface area contributed by atoms with Crippen LogP contribution < -0.4 is 34.7 Å². The fourth-order valence-electron chi connectivity index (χ4n) is 7.03. The summed E-state index contributed by atoms with van der Waals surface area (Å²) in [6, 6.07) is 70.2. The van der Waals surface area contributed by atoms with E-state index in [0.29, 0.717) is 64.6 Å². The van der Waals surface area contributed by atoms with Crippen molar-refractivity contribution in [3.63, 3.8) is 0 Å². The molecule has 7 N–H and O–H groups in total. The molecule has 482 valence electrons. The second-order valence-electron chi connectivity index (χ2n) is 19.0. The minimum atomic E-state index is -1.67. The zero-order chi connectivity index (χ0) is 63.3. The van der Waals surface area contributed by atoms with Crippen molar-refractivity contribution in [2.75, 3.05) is 84.9 Å². The van der Waals surface area contributed by atoms with Crippen molar-refractivity contribution in [1.29, 1.82) is 0 Å². The average Bonchev–Trinajstić information content (AvgIpc) is 3.74. The summed E-state index contributed by atoms with van der Waals surface area (Å²) in [7, 11) is 7.36. The Labute approximate surface area is 546 Å². The Hall–Kier alpha value is -5.18. The highest BCUT2D eigenvalue weighted by molar-refractivity contribution is 8.26. The first-order valence-electron chi connectivity index (χ1n) is 28.5. The van der Waals surface area contributed by atoms with Gasteiger partial charge in [-0.25, -0.2) is 4.21 Å². The molecule has 0 saturated carbocycles. The van der Waals surface area contributed by atoms with Crippen LogP contribution in [-0.2, 0) is 22.3 Å². The van der Waals surface area contributed by atoms with E-state index in [0.717, 1.165) is 48.4 Å². The van der Waals surface area contributed by atoms with E-state index in [9.17, 15) is 5.11 Å². The summed E-state index contributed by atoms with van der Waals surface area (Å²) in [5, 5.41) is 37.7. The van der Waals surface area contributed by atoms with Gasteiger partial charge in [-0.3, -0.25) is 9.80 Å². The molecule has 0 fully saturated rings. The Kier molecular flexibility index (Phi) is 52.7. The van der Waals surface area contributed by atoms with Gasteiger partial charge < -0.3 is 55.2 Å². The first-order valence-corrected chi connectivity index (χ1v) is 32.2. The van der Waals surface area contributed by atoms with E-state index < -0.39 is 15.3 Å². The fraction of sp³-hybridized carbons (Fsp3) is 0.373. The molecule has 0 bridgehead atoms. The zero-order valence-electron chi connectivity index (χ0n) is 50.7. The van der Waals surface area contributed by atoms with Gasteiger partial charge in [-0.2, -0.15) is 0 Å². The Morgan fingerprint density at radius 3 is 1.03 bits per heavy atom. The van der Waals surface area contributed by atoms with Gasteiger partial charge in [0, 0.05) is 84.6 Å². The number of alkyl halides is 2. The van der Waals surface area contributed by atoms with Crippen LogP contribution in [0.3, 0.4) is 0 Å². The molecule has 0 aliphatic heterocycles. The number of ether oxygens (including phenoxy) is 5. The number of aliphatic hydroxyl groups is 4. The minimum absolute atomic E-state index is 0. The maximum absolute atomic E-state index is 9.27. The van der Waals surface area contributed by atoms with Crippen LogP contribution in [-0.4, -0.2) is 149 Å². The molecule has 0 saturated heterocycles. The molecule has 0 amide bonds. The number of benzene rings is 7. The lowest BCUT2D eigenvalue weighted by Gasteiger charge is -2.28. The Balaban J connectivity index is 0.00000105. The number of halogens is 5. The molecule has 0 aliphatic carbocycles. The number of nitrogens with zero attached hydrogens (tertiary/aromatic N) is 2. The number of para-hydroxylation sites is 5. The summed E-state index contributed by atoms with van der Waals surface area (Å²) in [5.74, 6) is 4.98. The van der Waals surface area contributed by atoms with Crippen LogP contribution in [0.5, 0.6) is 28.7 Å². The van der Waals surface area contributed by atoms with Crippen molar-refractivity contribution >= 4 is 66.2 Å². The van der Waals surface area contributed by atoms with E-state index in [1.165, 1.54) is 11.1 Å². The van der Waals surface area contributed by atoms with Gasteiger partial charge in [0.1, 0.15) is 61.8 Å². The first-order chi connectivity index (χ1) is 41.6. The second kappa shape index (κ2) is 56.1. The van der Waals surface area contributed by atoms with Gasteiger partial charge in [-0.05, 0) is 106 Å². The van der Waals surface area contributed by atoms with Crippen LogP contribution in [0.15, 0.2) is 212 Å². The van der Waals surface area contributed by atoms with Gasteiger partial charge in [0.2, 0.25) is 9.23 Å². The highest BCUT2D eigenvalue weighted by Gasteiger charge is 2.16. The SMILES string of the molecule is CC(COc1ccccc1)N(CCCl)Cc1ccccc1.CC(COc1ccccc1)N(CCO)Cc1ccccc1.CC(COc1ccccc1)NCCO.CC(Cl)COc1ccccc1.CC(O)COc1ccccc1.Cl.NCCO.O=S(Cl)Cl. The maximum Gasteiger partial charge on any atom is 0.211 e. The molecule has 7 aromatic carbocycles. The van der Waals surface area contributed by atoms with E-state index in [4.69, 9.17) is 72.1 Å². The van der Waals surface area contributed by atoms with Crippen LogP contribution in [0, 0.1) is 0 Å². The number of hydrogen-bond donors (Lipinski definition) is 6. The summed E-state index contributed by atoms with van der Waals surface area (Å²) in [5.41, 5.74) is 7.33. The standard InChI is InChI=1S/C18H22ClNO.C18H23NO2.C11H17NO2.C9H11ClO.C9H12O2.C2H7NO.Cl2OS.ClH/c1-16(15-21-18-10-6-3-7-11-18)20(13-12-19)14-17-8-4-2-5-9-17;1-16(15-21-18-10-6-3-7-11-18)19(12-13-20)14-17-8-4-2-5-9-17;1-10(12-7-8-13)9-14-11-5-3-2-4-6-11;2*1-8(10)7-11-9-5-3-2-4-6-9;3-1-2-4;1-4(2)3;/h2-11,16H,12-15H2,1H3;2-11,16,20H,12-15H2,1H3;2-6,10,12-13H,7-9H2,1H3;2-6,8H,7H2,1H3;2-6,8,10H,7H2,1H3;4H,1-3H2;;1H. The molecule has 0 spiro atoms. The van der Waals surface area contributed by atoms with Crippen LogP contribution >= 0.6 is 57.0 Å². The lowest BCUT2D eigenvalue weighted by Crippen LogP contribution is -2.38. The number of nitrogens with two attached hydrogens (primary N) is 1. The molecule has 0 heterocycles. The third kappa shape index (κ3) is 47.5. The summed E-state index contributed by atoms with van der Waals surface area (Å²) < 4.78 is 36.8. The van der Waals surface area contributed by atoms with Crippen molar-refractivity contribution in [2.45, 2.75) is 77.3 Å². The molecule has 14 nitrogen and oxygen atoms in total. The van der Waals surface area contributed by atoms with E-state index in [2.05, 4.69) is 86.7 Å². The van der Waals surface area contributed by atoms with E-state index in [1.807, 2.05) is 190 Å². The Bertz CT molecular complexity index is 2430. The summed E-state index contributed by atoms with van der Waals surface area (Å²) in [4.78, 5) is 4.59. The highest BCUT2D eigenvalue weighted by atomic mass is 36.0. The van der Waals surface area contributed by atoms with Crippen LogP contribution in [0.25, 0.3) is 0 Å². The van der Waals surface area contributed by atoms with E-state index in [-0.39, 0.29) is 49.7 Å². The van der Waals surface area contributed by atoms with E-state index >= 15 is 0 Å². The average molecular weight is 1320 g/mol. The third-order valence-corrected chi connectivity index (χ3v) is 11.7. The number of aliphatic hydroxyl groups excluding tert-OH is 4. The van der Waals surface area contributed by atoms with Crippen molar-refractivity contribution in [1.82, 2.24) is 15.1 Å². The molecule has 0 radical (unpaired) electrons. The number of hydrogen-bond acceptors (Lipinski definition) is 14. The van der Waals surface area contributed by atoms with Gasteiger partial charge in [-0.1, -0.05) is 152 Å².